The molecule has 0 aliphatic carbocycles. The van der Waals surface area contributed by atoms with Crippen LogP contribution in [0, 0.1) is 0 Å². The summed E-state index contributed by atoms with van der Waals surface area (Å²) in [5, 5.41) is 3.39. The van der Waals surface area contributed by atoms with Gasteiger partial charge in [-0.05, 0) is 49.9 Å². The van der Waals surface area contributed by atoms with Crippen molar-refractivity contribution in [3.63, 3.8) is 0 Å². The molecule has 0 saturated carbocycles. The summed E-state index contributed by atoms with van der Waals surface area (Å²) in [4.78, 5) is 31.2. The molecule has 0 radical (unpaired) electrons. The SMILES string of the molecule is CC(C)NCC1CCCN1C(=O)CN1CCCC(NS(=O)(=O)c2ccc(-c3ccc(Cl)s3)s2)C1=O. The van der Waals surface area contributed by atoms with Crippen molar-refractivity contribution in [2.24, 2.45) is 0 Å². The fourth-order valence-corrected chi connectivity index (χ4v) is 8.18. The molecule has 2 fully saturated rings. The zero-order chi connectivity index (χ0) is 25.2. The first kappa shape index (κ1) is 26.6. The van der Waals surface area contributed by atoms with Crippen molar-refractivity contribution in [2.45, 2.75) is 61.9 Å². The molecule has 2 saturated heterocycles. The molecule has 2 aliphatic rings. The standard InChI is InChI=1S/C23H31ClN4O4S3/c1-15(2)25-13-16-5-3-12-28(16)21(29)14-27-11-4-6-17(23(27)30)26-35(31,32)22-10-8-19(34-22)18-7-9-20(24)33-18/h7-10,15-17,25-26H,3-6,11-14H2,1-2H3. The molecule has 2 aromatic rings. The van der Waals surface area contributed by atoms with E-state index in [9.17, 15) is 18.0 Å². The fraction of sp³-hybridized carbons (Fsp3) is 0.565. The van der Waals surface area contributed by atoms with E-state index >= 15 is 0 Å². The maximum atomic E-state index is 13.1. The van der Waals surface area contributed by atoms with Crippen molar-refractivity contribution in [1.82, 2.24) is 19.8 Å². The summed E-state index contributed by atoms with van der Waals surface area (Å²) in [5.41, 5.74) is 0. The van der Waals surface area contributed by atoms with Gasteiger partial charge in [0, 0.05) is 41.5 Å². The highest BCUT2D eigenvalue weighted by molar-refractivity contribution is 7.91. The molecule has 2 aliphatic heterocycles. The molecule has 2 amide bonds. The van der Waals surface area contributed by atoms with E-state index in [2.05, 4.69) is 23.9 Å². The third-order valence-electron chi connectivity index (χ3n) is 6.28. The zero-order valence-electron chi connectivity index (χ0n) is 19.8. The van der Waals surface area contributed by atoms with Gasteiger partial charge >= 0.3 is 0 Å². The van der Waals surface area contributed by atoms with Crippen LogP contribution in [0.25, 0.3) is 9.75 Å². The van der Waals surface area contributed by atoms with Gasteiger partial charge in [0.15, 0.2) is 0 Å². The highest BCUT2D eigenvalue weighted by Gasteiger charge is 2.36. The van der Waals surface area contributed by atoms with Crippen LogP contribution in [0.15, 0.2) is 28.5 Å². The molecule has 192 valence electrons. The number of sulfonamides is 1. The van der Waals surface area contributed by atoms with Crippen LogP contribution < -0.4 is 10.0 Å². The molecule has 4 heterocycles. The second-order valence-electron chi connectivity index (χ2n) is 9.24. The Labute approximate surface area is 219 Å². The third-order valence-corrected chi connectivity index (χ3v) is 10.8. The molecule has 2 unspecified atom stereocenters. The number of amides is 2. The van der Waals surface area contributed by atoms with Crippen LogP contribution in [0.5, 0.6) is 0 Å². The van der Waals surface area contributed by atoms with Crippen LogP contribution in [-0.4, -0.2) is 74.3 Å². The van der Waals surface area contributed by atoms with E-state index in [4.69, 9.17) is 11.6 Å². The van der Waals surface area contributed by atoms with Gasteiger partial charge in [0.2, 0.25) is 11.8 Å². The molecule has 2 atom stereocenters. The second kappa shape index (κ2) is 11.3. The van der Waals surface area contributed by atoms with Gasteiger partial charge in [-0.25, -0.2) is 8.42 Å². The lowest BCUT2D eigenvalue weighted by molar-refractivity contribution is -0.143. The largest absolute Gasteiger partial charge is 0.337 e. The number of nitrogens with zero attached hydrogens (tertiary/aromatic N) is 2. The van der Waals surface area contributed by atoms with E-state index in [-0.39, 0.29) is 28.6 Å². The highest BCUT2D eigenvalue weighted by Crippen LogP contribution is 2.37. The average molecular weight is 559 g/mol. The Morgan fingerprint density at radius 3 is 2.54 bits per heavy atom. The average Bonchev–Trinajstić information content (AvgIpc) is 3.55. The fourth-order valence-electron chi connectivity index (χ4n) is 4.50. The van der Waals surface area contributed by atoms with Crippen LogP contribution in [0.3, 0.4) is 0 Å². The van der Waals surface area contributed by atoms with Crippen LogP contribution in [0.4, 0.5) is 0 Å². The second-order valence-corrected chi connectivity index (χ2v) is 14.0. The van der Waals surface area contributed by atoms with Crippen molar-refractivity contribution in [3.05, 3.63) is 28.6 Å². The van der Waals surface area contributed by atoms with Gasteiger partial charge in [-0.1, -0.05) is 25.4 Å². The zero-order valence-corrected chi connectivity index (χ0v) is 23.0. The molecule has 12 heteroatoms. The normalized spacial score (nSPS) is 21.3. The number of hydrogen-bond acceptors (Lipinski definition) is 7. The number of halogens is 1. The minimum atomic E-state index is -3.88. The van der Waals surface area contributed by atoms with E-state index < -0.39 is 16.1 Å². The number of nitrogens with one attached hydrogen (secondary N) is 2. The lowest BCUT2D eigenvalue weighted by Gasteiger charge is -2.34. The lowest BCUT2D eigenvalue weighted by atomic mass is 10.1. The number of rotatable bonds is 9. The number of hydrogen-bond donors (Lipinski definition) is 2. The summed E-state index contributed by atoms with van der Waals surface area (Å²) in [7, 11) is -3.88. The smallest absolute Gasteiger partial charge is 0.250 e. The van der Waals surface area contributed by atoms with E-state index in [1.807, 2.05) is 11.0 Å². The van der Waals surface area contributed by atoms with E-state index in [0.29, 0.717) is 36.3 Å². The number of piperidine rings is 1. The number of thiophene rings is 2. The van der Waals surface area contributed by atoms with Gasteiger partial charge in [-0.3, -0.25) is 9.59 Å². The van der Waals surface area contributed by atoms with Crippen LogP contribution in [0.2, 0.25) is 4.34 Å². The monoisotopic (exact) mass is 558 g/mol. The topological polar surface area (TPSA) is 98.8 Å². The Morgan fingerprint density at radius 1 is 1.11 bits per heavy atom. The summed E-state index contributed by atoms with van der Waals surface area (Å²) < 4.78 is 29.4. The molecule has 35 heavy (non-hydrogen) atoms. The van der Waals surface area contributed by atoms with Crippen molar-refractivity contribution in [3.8, 4) is 9.75 Å². The van der Waals surface area contributed by atoms with Gasteiger partial charge in [0.05, 0.1) is 10.9 Å². The Morgan fingerprint density at radius 2 is 1.83 bits per heavy atom. The van der Waals surface area contributed by atoms with Crippen LogP contribution in [-0.2, 0) is 19.6 Å². The lowest BCUT2D eigenvalue weighted by Crippen LogP contribution is -2.55. The number of likely N-dealkylation sites (tertiary alicyclic amines) is 2. The Kier molecular flexibility index (Phi) is 8.55. The Bertz CT molecular complexity index is 1160. The third kappa shape index (κ3) is 6.44. The van der Waals surface area contributed by atoms with Gasteiger partial charge in [0.25, 0.3) is 10.0 Å². The van der Waals surface area contributed by atoms with Crippen LogP contribution in [0.1, 0.15) is 39.5 Å². The van der Waals surface area contributed by atoms with Crippen molar-refractivity contribution < 1.29 is 18.0 Å². The first-order chi connectivity index (χ1) is 16.6. The van der Waals surface area contributed by atoms with E-state index in [0.717, 1.165) is 40.5 Å². The maximum absolute atomic E-state index is 13.1. The minimum absolute atomic E-state index is 0.0163. The Hall–Kier alpha value is -1.50. The minimum Gasteiger partial charge on any atom is -0.337 e. The summed E-state index contributed by atoms with van der Waals surface area (Å²) in [6, 6.07) is 6.51. The van der Waals surface area contributed by atoms with Gasteiger partial charge in [-0.15, -0.1) is 22.7 Å². The van der Waals surface area contributed by atoms with Crippen molar-refractivity contribution in [1.29, 1.82) is 0 Å². The molecule has 4 rings (SSSR count). The van der Waals surface area contributed by atoms with Crippen molar-refractivity contribution >= 4 is 56.1 Å². The van der Waals surface area contributed by atoms with E-state index in [1.54, 1.807) is 18.2 Å². The summed E-state index contributed by atoms with van der Waals surface area (Å²) >= 11 is 8.52. The van der Waals surface area contributed by atoms with E-state index in [1.165, 1.54) is 16.2 Å². The summed E-state index contributed by atoms with van der Waals surface area (Å²) in [6.07, 6.45) is 2.94. The Balaban J connectivity index is 1.38. The first-order valence-electron chi connectivity index (χ1n) is 11.8. The summed E-state index contributed by atoms with van der Waals surface area (Å²) in [5.74, 6) is -0.418. The van der Waals surface area contributed by atoms with Gasteiger partial charge in [-0.2, -0.15) is 4.72 Å². The molecule has 0 aromatic carbocycles. The molecule has 0 bridgehead atoms. The molecule has 2 aromatic heterocycles. The predicted molar refractivity (Wildman–Crippen MR) is 140 cm³/mol. The summed E-state index contributed by atoms with van der Waals surface area (Å²) in [6.45, 7) is 6.01. The number of carbonyl (C=O) groups is 2. The number of carbonyl (C=O) groups excluding carboxylic acids is 2. The highest BCUT2D eigenvalue weighted by atomic mass is 35.5. The molecule has 2 N–H and O–H groups in total. The van der Waals surface area contributed by atoms with Gasteiger partial charge < -0.3 is 15.1 Å². The quantitative estimate of drug-likeness (QED) is 0.491. The van der Waals surface area contributed by atoms with Crippen molar-refractivity contribution in [2.75, 3.05) is 26.2 Å². The predicted octanol–water partition coefficient (Wildman–Crippen LogP) is 3.39. The molecular formula is C23H31ClN4O4S3. The molecule has 8 nitrogen and oxygen atoms in total. The molecular weight excluding hydrogens is 528 g/mol. The van der Waals surface area contributed by atoms with Gasteiger partial charge in [0.1, 0.15) is 10.3 Å². The van der Waals surface area contributed by atoms with Crippen LogP contribution >= 0.6 is 34.3 Å². The maximum Gasteiger partial charge on any atom is 0.250 e. The molecule has 0 spiro atoms. The first-order valence-corrected chi connectivity index (χ1v) is 15.3.